The number of fused-ring (bicyclic) bond motifs is 2. The maximum absolute atomic E-state index is 5.59. The fraction of sp³-hybridized carbons (Fsp3) is 0.750. The zero-order valence-electron chi connectivity index (χ0n) is 5.59. The summed E-state index contributed by atoms with van der Waals surface area (Å²) >= 11 is 0. The van der Waals surface area contributed by atoms with Crippen LogP contribution < -0.4 is 5.73 Å². The van der Waals surface area contributed by atoms with Gasteiger partial charge in [0.25, 0.3) is 0 Å². The highest BCUT2D eigenvalue weighted by Gasteiger charge is 2.34. The van der Waals surface area contributed by atoms with Crippen molar-refractivity contribution in [1.82, 2.24) is 0 Å². The van der Waals surface area contributed by atoms with Crippen molar-refractivity contribution < 1.29 is 0 Å². The predicted octanol–water partition coefficient (Wildman–Crippen LogP) is 1.16. The SMILES string of the molecule is NC[C@H]1C[C@@H]2C=C[C@H]1C2. The van der Waals surface area contributed by atoms with Crippen molar-refractivity contribution in [3.8, 4) is 0 Å². The molecule has 0 heterocycles. The monoisotopic (exact) mass is 123 g/mol. The van der Waals surface area contributed by atoms with Crippen LogP contribution in [0.3, 0.4) is 0 Å². The lowest BCUT2D eigenvalue weighted by Crippen LogP contribution is -2.17. The number of rotatable bonds is 1. The number of allylic oxidation sites excluding steroid dienone is 2. The van der Waals surface area contributed by atoms with Crippen molar-refractivity contribution in [3.63, 3.8) is 0 Å². The largest absolute Gasteiger partial charge is 0.330 e. The summed E-state index contributed by atoms with van der Waals surface area (Å²) in [6.45, 7) is 0.894. The topological polar surface area (TPSA) is 26.0 Å². The van der Waals surface area contributed by atoms with Gasteiger partial charge in [0, 0.05) is 0 Å². The summed E-state index contributed by atoms with van der Waals surface area (Å²) in [6.07, 6.45) is 7.46. The van der Waals surface area contributed by atoms with Crippen LogP contribution in [0.4, 0.5) is 0 Å². The molecule has 1 fully saturated rings. The first-order valence-electron chi connectivity index (χ1n) is 3.78. The molecule has 2 rings (SSSR count). The number of hydrogen-bond acceptors (Lipinski definition) is 1. The Morgan fingerprint density at radius 1 is 1.33 bits per heavy atom. The fourth-order valence-electron chi connectivity index (χ4n) is 2.17. The average Bonchev–Trinajstić information content (AvgIpc) is 2.45. The maximum Gasteiger partial charge on any atom is -0.00430 e. The summed E-state index contributed by atoms with van der Waals surface area (Å²) in [7, 11) is 0. The van der Waals surface area contributed by atoms with Crippen LogP contribution in [-0.4, -0.2) is 6.54 Å². The number of nitrogens with two attached hydrogens (primary N) is 1. The van der Waals surface area contributed by atoms with E-state index in [1.54, 1.807) is 0 Å². The Balaban J connectivity index is 2.10. The van der Waals surface area contributed by atoms with Gasteiger partial charge in [0.1, 0.15) is 0 Å². The van der Waals surface area contributed by atoms with Crippen LogP contribution >= 0.6 is 0 Å². The van der Waals surface area contributed by atoms with Crippen LogP contribution in [0.25, 0.3) is 0 Å². The molecule has 0 aromatic heterocycles. The van der Waals surface area contributed by atoms with Gasteiger partial charge in [-0.15, -0.1) is 0 Å². The van der Waals surface area contributed by atoms with E-state index in [9.17, 15) is 0 Å². The Morgan fingerprint density at radius 2 is 2.22 bits per heavy atom. The summed E-state index contributed by atoms with van der Waals surface area (Å²) in [5, 5.41) is 0. The van der Waals surface area contributed by atoms with E-state index >= 15 is 0 Å². The van der Waals surface area contributed by atoms with Gasteiger partial charge in [-0.25, -0.2) is 0 Å². The molecule has 0 saturated heterocycles. The van der Waals surface area contributed by atoms with Crippen LogP contribution in [-0.2, 0) is 0 Å². The van der Waals surface area contributed by atoms with E-state index in [0.29, 0.717) is 0 Å². The van der Waals surface area contributed by atoms with Gasteiger partial charge < -0.3 is 5.73 Å². The molecule has 9 heavy (non-hydrogen) atoms. The van der Waals surface area contributed by atoms with Crippen molar-refractivity contribution in [3.05, 3.63) is 12.2 Å². The number of hydrogen-bond donors (Lipinski definition) is 1. The smallest absolute Gasteiger partial charge is 0.00430 e. The summed E-state index contributed by atoms with van der Waals surface area (Å²) in [5.74, 6) is 2.56. The van der Waals surface area contributed by atoms with Crippen LogP contribution in [0, 0.1) is 17.8 Å². The summed E-state index contributed by atoms with van der Waals surface area (Å²) in [6, 6.07) is 0. The van der Waals surface area contributed by atoms with Gasteiger partial charge in [0.05, 0.1) is 0 Å². The Hall–Kier alpha value is -0.300. The lowest BCUT2D eigenvalue weighted by molar-refractivity contribution is 0.459. The van der Waals surface area contributed by atoms with Crippen molar-refractivity contribution >= 4 is 0 Å². The molecule has 0 aromatic carbocycles. The normalized spacial score (nSPS) is 46.6. The first-order chi connectivity index (χ1) is 4.40. The molecule has 2 N–H and O–H groups in total. The Kier molecular flexibility index (Phi) is 1.12. The first kappa shape index (κ1) is 5.48. The third kappa shape index (κ3) is 0.715. The Bertz CT molecular complexity index is 140. The fourth-order valence-corrected chi connectivity index (χ4v) is 2.17. The molecule has 1 saturated carbocycles. The van der Waals surface area contributed by atoms with Gasteiger partial charge in [0.2, 0.25) is 0 Å². The van der Waals surface area contributed by atoms with Crippen LogP contribution in [0.2, 0.25) is 0 Å². The minimum Gasteiger partial charge on any atom is -0.330 e. The van der Waals surface area contributed by atoms with Gasteiger partial charge in [-0.3, -0.25) is 0 Å². The Labute approximate surface area is 55.9 Å². The maximum atomic E-state index is 5.59. The molecule has 0 aromatic rings. The summed E-state index contributed by atoms with van der Waals surface area (Å²) in [4.78, 5) is 0. The van der Waals surface area contributed by atoms with E-state index in [2.05, 4.69) is 12.2 Å². The highest BCUT2D eigenvalue weighted by atomic mass is 14.6. The zero-order valence-corrected chi connectivity index (χ0v) is 5.59. The van der Waals surface area contributed by atoms with E-state index in [4.69, 9.17) is 5.73 Å². The minimum absolute atomic E-state index is 0.819. The molecule has 1 heteroatoms. The third-order valence-electron chi connectivity index (χ3n) is 2.72. The highest BCUT2D eigenvalue weighted by molar-refractivity contribution is 5.10. The lowest BCUT2D eigenvalue weighted by Gasteiger charge is -2.14. The van der Waals surface area contributed by atoms with Crippen molar-refractivity contribution in [2.75, 3.05) is 6.54 Å². The van der Waals surface area contributed by atoms with E-state index in [0.717, 1.165) is 24.3 Å². The van der Waals surface area contributed by atoms with Crippen LogP contribution in [0.15, 0.2) is 12.2 Å². The van der Waals surface area contributed by atoms with E-state index in [1.165, 1.54) is 12.8 Å². The van der Waals surface area contributed by atoms with E-state index < -0.39 is 0 Å². The molecule has 2 aliphatic carbocycles. The van der Waals surface area contributed by atoms with E-state index in [-0.39, 0.29) is 0 Å². The molecule has 1 nitrogen and oxygen atoms in total. The van der Waals surface area contributed by atoms with Crippen LogP contribution in [0.1, 0.15) is 12.8 Å². The van der Waals surface area contributed by atoms with Crippen molar-refractivity contribution in [2.24, 2.45) is 23.5 Å². The second-order valence-electron chi connectivity index (χ2n) is 3.28. The van der Waals surface area contributed by atoms with Gasteiger partial charge in [-0.2, -0.15) is 0 Å². The van der Waals surface area contributed by atoms with Gasteiger partial charge >= 0.3 is 0 Å². The highest BCUT2D eigenvalue weighted by Crippen LogP contribution is 2.42. The molecule has 50 valence electrons. The summed E-state index contributed by atoms with van der Waals surface area (Å²) in [5.41, 5.74) is 5.59. The van der Waals surface area contributed by atoms with Gasteiger partial charge in [0.15, 0.2) is 0 Å². The molecule has 0 spiro atoms. The molecule has 0 amide bonds. The molecule has 0 unspecified atom stereocenters. The molecule has 2 aliphatic rings. The lowest BCUT2D eigenvalue weighted by atomic mass is 9.94. The second kappa shape index (κ2) is 1.84. The second-order valence-corrected chi connectivity index (χ2v) is 3.28. The molecule has 0 aliphatic heterocycles. The molecule has 3 atom stereocenters. The molecular weight excluding hydrogens is 110 g/mol. The molecule has 2 bridgehead atoms. The minimum atomic E-state index is 0.819. The Morgan fingerprint density at radius 3 is 2.56 bits per heavy atom. The summed E-state index contributed by atoms with van der Waals surface area (Å²) < 4.78 is 0. The van der Waals surface area contributed by atoms with Gasteiger partial charge in [-0.05, 0) is 37.1 Å². The van der Waals surface area contributed by atoms with Crippen LogP contribution in [0.5, 0.6) is 0 Å². The first-order valence-corrected chi connectivity index (χ1v) is 3.78. The van der Waals surface area contributed by atoms with E-state index in [1.807, 2.05) is 0 Å². The average molecular weight is 123 g/mol. The molecule has 0 radical (unpaired) electrons. The predicted molar refractivity (Wildman–Crippen MR) is 37.9 cm³/mol. The molecular formula is C8H13N. The van der Waals surface area contributed by atoms with Gasteiger partial charge in [-0.1, -0.05) is 12.2 Å². The zero-order chi connectivity index (χ0) is 6.27. The van der Waals surface area contributed by atoms with Crippen molar-refractivity contribution in [1.29, 1.82) is 0 Å². The third-order valence-corrected chi connectivity index (χ3v) is 2.72. The standard InChI is InChI=1S/C8H13N/c9-5-8-4-6-1-2-7(8)3-6/h1-2,6-8H,3-5,9H2/t6-,7+,8-/m1/s1. The quantitative estimate of drug-likeness (QED) is 0.520. The van der Waals surface area contributed by atoms with Crippen molar-refractivity contribution in [2.45, 2.75) is 12.8 Å².